The summed E-state index contributed by atoms with van der Waals surface area (Å²) < 4.78 is 3.67. The highest BCUT2D eigenvalue weighted by Crippen LogP contribution is 2.25. The smallest absolute Gasteiger partial charge is 0.256 e. The van der Waals surface area contributed by atoms with Crippen molar-refractivity contribution in [1.82, 2.24) is 29.4 Å². The number of aromatic nitrogens is 5. The van der Waals surface area contributed by atoms with Gasteiger partial charge in [0.05, 0.1) is 23.0 Å². The Labute approximate surface area is 145 Å². The zero-order valence-corrected chi connectivity index (χ0v) is 14.3. The highest BCUT2D eigenvalue weighted by molar-refractivity contribution is 5.97. The molecule has 1 saturated heterocycles. The molecule has 0 radical (unpaired) electrons. The third kappa shape index (κ3) is 2.82. The minimum Gasteiger partial charge on any atom is -0.336 e. The monoisotopic (exact) mass is 336 g/mol. The molecule has 1 aliphatic rings. The summed E-state index contributed by atoms with van der Waals surface area (Å²) in [5, 5.41) is 8.73. The Bertz CT molecular complexity index is 898. The summed E-state index contributed by atoms with van der Waals surface area (Å²) in [4.78, 5) is 18.9. The van der Waals surface area contributed by atoms with Crippen LogP contribution in [0.25, 0.3) is 5.69 Å². The molecule has 1 unspecified atom stereocenters. The van der Waals surface area contributed by atoms with Gasteiger partial charge in [-0.3, -0.25) is 9.48 Å². The van der Waals surface area contributed by atoms with Crippen LogP contribution >= 0.6 is 0 Å². The molecule has 25 heavy (non-hydrogen) atoms. The van der Waals surface area contributed by atoms with Crippen molar-refractivity contribution in [3.8, 4) is 5.69 Å². The Morgan fingerprint density at radius 3 is 2.80 bits per heavy atom. The molecule has 0 aliphatic carbocycles. The van der Waals surface area contributed by atoms with E-state index in [0.717, 1.165) is 30.0 Å². The number of likely N-dealkylation sites (tertiary alicyclic amines) is 1. The van der Waals surface area contributed by atoms with Gasteiger partial charge >= 0.3 is 0 Å². The molecule has 7 nitrogen and oxygen atoms in total. The van der Waals surface area contributed by atoms with Crippen LogP contribution in [0, 0.1) is 13.8 Å². The predicted octanol–water partition coefficient (Wildman–Crippen LogP) is 2.17. The Morgan fingerprint density at radius 1 is 1.24 bits per heavy atom. The molecule has 1 fully saturated rings. The van der Waals surface area contributed by atoms with Gasteiger partial charge in [-0.1, -0.05) is 12.1 Å². The van der Waals surface area contributed by atoms with Crippen LogP contribution in [0.5, 0.6) is 0 Å². The minimum atomic E-state index is 0.0233. The van der Waals surface area contributed by atoms with Gasteiger partial charge in [0.25, 0.3) is 5.91 Å². The number of hydrogen-bond acceptors (Lipinski definition) is 4. The topological polar surface area (TPSA) is 68.8 Å². The molecule has 0 bridgehead atoms. The van der Waals surface area contributed by atoms with E-state index in [-0.39, 0.29) is 11.9 Å². The van der Waals surface area contributed by atoms with Crippen LogP contribution in [-0.4, -0.2) is 48.4 Å². The molecule has 4 rings (SSSR count). The van der Waals surface area contributed by atoms with E-state index in [0.29, 0.717) is 12.1 Å². The van der Waals surface area contributed by atoms with Gasteiger partial charge in [-0.25, -0.2) is 9.67 Å². The van der Waals surface area contributed by atoms with Crippen molar-refractivity contribution in [2.45, 2.75) is 26.3 Å². The lowest BCUT2D eigenvalue weighted by Crippen LogP contribution is -2.30. The van der Waals surface area contributed by atoms with Gasteiger partial charge < -0.3 is 4.90 Å². The highest BCUT2D eigenvalue weighted by atomic mass is 16.2. The van der Waals surface area contributed by atoms with Crippen LogP contribution in [0.2, 0.25) is 0 Å². The van der Waals surface area contributed by atoms with Crippen LogP contribution in [-0.2, 0) is 0 Å². The first-order chi connectivity index (χ1) is 12.1. The first kappa shape index (κ1) is 15.6. The fourth-order valence-corrected chi connectivity index (χ4v) is 3.50. The molecule has 1 aromatic carbocycles. The number of carbonyl (C=O) groups excluding carboxylic acids is 1. The normalized spacial score (nSPS) is 17.2. The van der Waals surface area contributed by atoms with Crippen LogP contribution in [0.3, 0.4) is 0 Å². The average molecular weight is 336 g/mol. The molecule has 0 saturated carbocycles. The summed E-state index contributed by atoms with van der Waals surface area (Å²) in [6.45, 7) is 5.46. The molecule has 1 atom stereocenters. The van der Waals surface area contributed by atoms with E-state index in [1.165, 1.54) is 6.33 Å². The Balaban J connectivity index is 1.58. The number of aryl methyl sites for hydroxylation is 2. The molecule has 3 aromatic rings. The Morgan fingerprint density at radius 2 is 2.08 bits per heavy atom. The molecule has 3 heterocycles. The van der Waals surface area contributed by atoms with E-state index in [9.17, 15) is 4.79 Å². The molecular weight excluding hydrogens is 316 g/mol. The molecule has 2 aromatic heterocycles. The third-order valence-corrected chi connectivity index (χ3v) is 4.64. The predicted molar refractivity (Wildman–Crippen MR) is 92.6 cm³/mol. The fraction of sp³-hybridized carbons (Fsp3) is 0.333. The van der Waals surface area contributed by atoms with E-state index in [4.69, 9.17) is 0 Å². The van der Waals surface area contributed by atoms with Gasteiger partial charge in [0, 0.05) is 18.8 Å². The summed E-state index contributed by atoms with van der Waals surface area (Å²) in [6.07, 6.45) is 3.99. The maximum absolute atomic E-state index is 13.1. The van der Waals surface area contributed by atoms with Gasteiger partial charge in [0.2, 0.25) is 0 Å². The molecule has 0 spiro atoms. The summed E-state index contributed by atoms with van der Waals surface area (Å²) >= 11 is 0. The number of rotatable bonds is 3. The van der Waals surface area contributed by atoms with Crippen LogP contribution < -0.4 is 0 Å². The number of para-hydroxylation sites is 1. The average Bonchev–Trinajstić information content (AvgIpc) is 3.35. The van der Waals surface area contributed by atoms with Gasteiger partial charge in [-0.05, 0) is 38.5 Å². The second kappa shape index (κ2) is 6.16. The van der Waals surface area contributed by atoms with Crippen LogP contribution in [0.1, 0.15) is 34.2 Å². The third-order valence-electron chi connectivity index (χ3n) is 4.64. The number of nitrogens with zero attached hydrogens (tertiary/aromatic N) is 6. The zero-order valence-electron chi connectivity index (χ0n) is 14.3. The SMILES string of the molecule is Cc1cc(C)n(C2CCN(C(=O)c3ccccc3-n3cncn3)C2)n1. The number of amides is 1. The molecule has 0 N–H and O–H groups in total. The maximum Gasteiger partial charge on any atom is 0.256 e. The van der Waals surface area contributed by atoms with E-state index in [2.05, 4.69) is 28.2 Å². The fourth-order valence-electron chi connectivity index (χ4n) is 3.50. The Hall–Kier alpha value is -2.96. The standard InChI is InChI=1S/C18H20N6O/c1-13-9-14(2)24(21-13)15-7-8-22(10-15)18(25)16-5-3-4-6-17(16)23-12-19-11-20-23/h3-6,9,11-12,15H,7-8,10H2,1-2H3. The van der Waals surface area contributed by atoms with Crippen molar-refractivity contribution in [3.63, 3.8) is 0 Å². The summed E-state index contributed by atoms with van der Waals surface area (Å²) in [6, 6.07) is 9.81. The quantitative estimate of drug-likeness (QED) is 0.735. The molecule has 7 heteroatoms. The molecular formula is C18H20N6O. The summed E-state index contributed by atoms with van der Waals surface area (Å²) in [7, 11) is 0. The summed E-state index contributed by atoms with van der Waals surface area (Å²) in [5.41, 5.74) is 3.54. The van der Waals surface area contributed by atoms with E-state index < -0.39 is 0 Å². The number of benzene rings is 1. The largest absolute Gasteiger partial charge is 0.336 e. The maximum atomic E-state index is 13.1. The van der Waals surface area contributed by atoms with E-state index in [1.807, 2.05) is 40.8 Å². The Kier molecular flexibility index (Phi) is 3.83. The lowest BCUT2D eigenvalue weighted by molar-refractivity contribution is 0.0786. The van der Waals surface area contributed by atoms with Crippen molar-refractivity contribution in [1.29, 1.82) is 0 Å². The number of hydrogen-bond donors (Lipinski definition) is 0. The van der Waals surface area contributed by atoms with E-state index in [1.54, 1.807) is 11.0 Å². The van der Waals surface area contributed by atoms with Crippen molar-refractivity contribution >= 4 is 5.91 Å². The van der Waals surface area contributed by atoms with Crippen LogP contribution in [0.4, 0.5) is 0 Å². The van der Waals surface area contributed by atoms with Gasteiger partial charge in [-0.2, -0.15) is 10.2 Å². The summed E-state index contributed by atoms with van der Waals surface area (Å²) in [5.74, 6) is 0.0233. The van der Waals surface area contributed by atoms with Gasteiger partial charge in [-0.15, -0.1) is 0 Å². The van der Waals surface area contributed by atoms with Crippen molar-refractivity contribution in [2.75, 3.05) is 13.1 Å². The van der Waals surface area contributed by atoms with E-state index >= 15 is 0 Å². The lowest BCUT2D eigenvalue weighted by atomic mass is 10.1. The molecule has 1 aliphatic heterocycles. The van der Waals surface area contributed by atoms with Crippen molar-refractivity contribution in [2.24, 2.45) is 0 Å². The van der Waals surface area contributed by atoms with Gasteiger partial charge in [0.1, 0.15) is 12.7 Å². The number of carbonyl (C=O) groups is 1. The first-order valence-electron chi connectivity index (χ1n) is 8.39. The molecule has 128 valence electrons. The van der Waals surface area contributed by atoms with Gasteiger partial charge in [0.15, 0.2) is 0 Å². The van der Waals surface area contributed by atoms with Crippen LogP contribution in [0.15, 0.2) is 43.0 Å². The van der Waals surface area contributed by atoms with Crippen molar-refractivity contribution in [3.05, 3.63) is 59.9 Å². The highest BCUT2D eigenvalue weighted by Gasteiger charge is 2.30. The van der Waals surface area contributed by atoms with Crippen molar-refractivity contribution < 1.29 is 4.79 Å². The lowest BCUT2D eigenvalue weighted by Gasteiger charge is -2.19. The second-order valence-electron chi connectivity index (χ2n) is 6.42. The minimum absolute atomic E-state index is 0.0233. The zero-order chi connectivity index (χ0) is 17.4. The molecule has 1 amide bonds. The first-order valence-corrected chi connectivity index (χ1v) is 8.39. The second-order valence-corrected chi connectivity index (χ2v) is 6.42.